The van der Waals surface area contributed by atoms with Crippen molar-refractivity contribution < 1.29 is 28.0 Å². The number of pyridine rings is 1. The average Bonchev–Trinajstić information content (AvgIpc) is 3.38. The number of para-hydroxylation sites is 1. The number of hydrogen-bond acceptors (Lipinski definition) is 9. The summed E-state index contributed by atoms with van der Waals surface area (Å²) in [6.07, 6.45) is 3.07. The van der Waals surface area contributed by atoms with Gasteiger partial charge in [0.15, 0.2) is 17.1 Å². The van der Waals surface area contributed by atoms with E-state index >= 15 is 0 Å². The molecule has 10 nitrogen and oxygen atoms in total. The number of furan rings is 1. The molecule has 164 valence electrons. The second-order valence-corrected chi connectivity index (χ2v) is 7.01. The van der Waals surface area contributed by atoms with Gasteiger partial charge in [-0.1, -0.05) is 23.4 Å². The molecule has 0 aliphatic heterocycles. The Morgan fingerprint density at radius 2 is 1.79 bits per heavy atom. The summed E-state index contributed by atoms with van der Waals surface area (Å²) in [4.78, 5) is 29.5. The van der Waals surface area contributed by atoms with Gasteiger partial charge in [-0.15, -0.1) is 0 Å². The maximum Gasteiger partial charge on any atom is 0.351 e. The molecule has 0 atom stereocenters. The summed E-state index contributed by atoms with van der Waals surface area (Å²) in [6, 6.07) is 11.9. The van der Waals surface area contributed by atoms with Crippen LogP contribution in [0.15, 0.2) is 63.8 Å². The number of methoxy groups -OCH3 is 1. The topological polar surface area (TPSA) is 157 Å². The molecule has 2 aromatic carbocycles. The van der Waals surface area contributed by atoms with E-state index in [2.05, 4.69) is 10.1 Å². The molecule has 4 N–H and O–H groups in total. The number of nitrogen functional groups attached to an aromatic ring is 1. The quantitative estimate of drug-likeness (QED) is 0.305. The van der Waals surface area contributed by atoms with Crippen LogP contribution in [0.4, 0.5) is 5.88 Å². The van der Waals surface area contributed by atoms with Crippen LogP contribution < -0.4 is 20.9 Å². The third-order valence-electron chi connectivity index (χ3n) is 5.12. The predicted molar refractivity (Wildman–Crippen MR) is 118 cm³/mol. The van der Waals surface area contributed by atoms with Gasteiger partial charge in [-0.3, -0.25) is 9.78 Å². The van der Waals surface area contributed by atoms with Crippen LogP contribution in [0.1, 0.15) is 20.7 Å². The molecule has 0 fully saturated rings. The summed E-state index contributed by atoms with van der Waals surface area (Å²) in [6.45, 7) is 0. The Kier molecular flexibility index (Phi) is 4.67. The lowest BCUT2D eigenvalue weighted by Crippen LogP contribution is -2.16. The zero-order chi connectivity index (χ0) is 23.1. The van der Waals surface area contributed by atoms with Crippen molar-refractivity contribution in [2.45, 2.75) is 0 Å². The zero-order valence-corrected chi connectivity index (χ0v) is 17.2. The molecule has 0 saturated heterocycles. The highest BCUT2D eigenvalue weighted by Crippen LogP contribution is 2.42. The molecule has 5 rings (SSSR count). The van der Waals surface area contributed by atoms with Crippen LogP contribution in [0.3, 0.4) is 0 Å². The summed E-state index contributed by atoms with van der Waals surface area (Å²) >= 11 is 0. The Labute approximate surface area is 185 Å². The van der Waals surface area contributed by atoms with E-state index in [4.69, 9.17) is 29.9 Å². The van der Waals surface area contributed by atoms with Gasteiger partial charge in [-0.05, 0) is 18.2 Å². The molecule has 10 heteroatoms. The van der Waals surface area contributed by atoms with Crippen LogP contribution in [-0.2, 0) is 0 Å². The lowest BCUT2D eigenvalue weighted by atomic mass is 10.0. The Morgan fingerprint density at radius 3 is 2.52 bits per heavy atom. The van der Waals surface area contributed by atoms with Gasteiger partial charge in [-0.25, -0.2) is 4.79 Å². The van der Waals surface area contributed by atoms with Gasteiger partial charge in [0.05, 0.1) is 12.7 Å². The Morgan fingerprint density at radius 1 is 1.03 bits per heavy atom. The number of carbonyl (C=O) groups is 2. The first-order valence-corrected chi connectivity index (χ1v) is 9.69. The average molecular weight is 444 g/mol. The van der Waals surface area contributed by atoms with Crippen molar-refractivity contribution in [3.8, 4) is 22.8 Å². The number of aromatic nitrogens is 2. The number of ether oxygens (including phenoxy) is 2. The summed E-state index contributed by atoms with van der Waals surface area (Å²) in [5.74, 6) is -1.97. The molecule has 3 heterocycles. The minimum Gasteiger partial charge on any atom is -0.492 e. The van der Waals surface area contributed by atoms with Crippen molar-refractivity contribution in [2.75, 3.05) is 12.8 Å². The molecule has 33 heavy (non-hydrogen) atoms. The fraction of sp³-hybridized carbons (Fsp3) is 0.0435. The monoisotopic (exact) mass is 444 g/mol. The van der Waals surface area contributed by atoms with E-state index in [1.54, 1.807) is 36.4 Å². The number of fused-ring (bicyclic) bond motifs is 3. The Bertz CT molecular complexity index is 1540. The number of nitrogens with two attached hydrogens (primary N) is 2. The van der Waals surface area contributed by atoms with Gasteiger partial charge in [0.25, 0.3) is 5.91 Å². The van der Waals surface area contributed by atoms with Crippen LogP contribution in [0.2, 0.25) is 0 Å². The standard InChI is InChI=1S/C23H16N4O6/c1-30-20-15(10-14-16(17(20)21(24)28)12-4-2-3-5-13(12)31-14)32-23(29)18-19(27-33-22(18)25)11-6-8-26-9-7-11/h2-10H,25H2,1H3,(H2,24,28). The number of primary amides is 1. The molecule has 1 amide bonds. The summed E-state index contributed by atoms with van der Waals surface area (Å²) in [5.41, 5.74) is 13.0. The second-order valence-electron chi connectivity index (χ2n) is 7.01. The Balaban J connectivity index is 1.66. The maximum atomic E-state index is 13.1. The molecule has 0 aliphatic rings. The van der Waals surface area contributed by atoms with Crippen molar-refractivity contribution in [3.63, 3.8) is 0 Å². The van der Waals surface area contributed by atoms with Crippen molar-refractivity contribution in [1.29, 1.82) is 0 Å². The number of hydrogen-bond donors (Lipinski definition) is 2. The van der Waals surface area contributed by atoms with Crippen LogP contribution in [0.5, 0.6) is 11.5 Å². The number of esters is 1. The zero-order valence-electron chi connectivity index (χ0n) is 17.2. The fourth-order valence-electron chi connectivity index (χ4n) is 3.72. The highest BCUT2D eigenvalue weighted by atomic mass is 16.6. The van der Waals surface area contributed by atoms with Crippen LogP contribution in [-0.4, -0.2) is 29.1 Å². The van der Waals surface area contributed by atoms with Gasteiger partial charge in [0.2, 0.25) is 5.88 Å². The minimum atomic E-state index is -0.871. The highest BCUT2D eigenvalue weighted by Gasteiger charge is 2.29. The SMILES string of the molecule is COc1c(OC(=O)c2c(-c3ccncc3)noc2N)cc2oc3ccccc3c2c1C(N)=O. The smallest absolute Gasteiger partial charge is 0.351 e. The molecule has 0 unspecified atom stereocenters. The first kappa shape index (κ1) is 20.1. The van der Waals surface area contributed by atoms with E-state index in [9.17, 15) is 9.59 Å². The van der Waals surface area contributed by atoms with Gasteiger partial charge in [0.1, 0.15) is 16.9 Å². The number of benzene rings is 2. The van der Waals surface area contributed by atoms with Crippen LogP contribution in [0, 0.1) is 0 Å². The Hall–Kier alpha value is -4.86. The summed E-state index contributed by atoms with van der Waals surface area (Å²) < 4.78 is 21.9. The van der Waals surface area contributed by atoms with Gasteiger partial charge < -0.3 is 29.9 Å². The molecular formula is C23H16N4O6. The first-order valence-electron chi connectivity index (χ1n) is 9.69. The molecule has 0 bridgehead atoms. The summed E-state index contributed by atoms with van der Waals surface area (Å²) in [5, 5.41) is 4.99. The normalized spacial score (nSPS) is 11.1. The molecule has 0 saturated carbocycles. The van der Waals surface area contributed by atoms with Gasteiger partial charge in [-0.2, -0.15) is 0 Å². The molecule has 5 aromatic rings. The van der Waals surface area contributed by atoms with Crippen molar-refractivity contribution in [2.24, 2.45) is 5.73 Å². The molecule has 3 aromatic heterocycles. The summed E-state index contributed by atoms with van der Waals surface area (Å²) in [7, 11) is 1.34. The number of carbonyl (C=O) groups excluding carboxylic acids is 2. The largest absolute Gasteiger partial charge is 0.492 e. The first-order chi connectivity index (χ1) is 16.0. The highest BCUT2D eigenvalue weighted by molar-refractivity contribution is 6.18. The van der Waals surface area contributed by atoms with Crippen molar-refractivity contribution in [1.82, 2.24) is 10.1 Å². The number of amides is 1. The predicted octanol–water partition coefficient (Wildman–Crippen LogP) is 3.54. The number of anilines is 1. The molecule has 0 radical (unpaired) electrons. The van der Waals surface area contributed by atoms with Crippen molar-refractivity contribution >= 4 is 39.7 Å². The fourth-order valence-corrected chi connectivity index (χ4v) is 3.72. The van der Waals surface area contributed by atoms with Crippen LogP contribution in [0.25, 0.3) is 33.2 Å². The third-order valence-corrected chi connectivity index (χ3v) is 5.12. The number of nitrogens with zero attached hydrogens (tertiary/aromatic N) is 2. The lowest BCUT2D eigenvalue weighted by Gasteiger charge is -2.13. The van der Waals surface area contributed by atoms with E-state index in [-0.39, 0.29) is 34.2 Å². The second kappa shape index (κ2) is 7.68. The van der Waals surface area contributed by atoms with Crippen molar-refractivity contribution in [3.05, 3.63) is 66.0 Å². The van der Waals surface area contributed by atoms with E-state index in [0.717, 1.165) is 0 Å². The van der Waals surface area contributed by atoms with Gasteiger partial charge in [0, 0.05) is 34.8 Å². The maximum absolute atomic E-state index is 13.1. The molecule has 0 spiro atoms. The third kappa shape index (κ3) is 3.21. The van der Waals surface area contributed by atoms with E-state index in [1.807, 2.05) is 0 Å². The number of rotatable bonds is 5. The minimum absolute atomic E-state index is 0.0182. The van der Waals surface area contributed by atoms with E-state index < -0.39 is 11.9 Å². The van der Waals surface area contributed by atoms with E-state index in [0.29, 0.717) is 27.5 Å². The molecule has 0 aliphatic carbocycles. The lowest BCUT2D eigenvalue weighted by molar-refractivity contribution is 0.0729. The van der Waals surface area contributed by atoms with E-state index in [1.165, 1.54) is 25.6 Å². The van der Waals surface area contributed by atoms with Gasteiger partial charge >= 0.3 is 5.97 Å². The molecular weight excluding hydrogens is 428 g/mol. The van der Waals surface area contributed by atoms with Crippen LogP contribution >= 0.6 is 0 Å².